The molecule has 11 nitrogen and oxygen atoms in total. The lowest BCUT2D eigenvalue weighted by atomic mass is 9.98. The molecule has 0 aromatic carbocycles. The highest BCUT2D eigenvalue weighted by Crippen LogP contribution is 2.27. The molecule has 0 aromatic rings. The number of carbonyl (C=O) groups excluding carboxylic acids is 4. The summed E-state index contributed by atoms with van der Waals surface area (Å²) in [5, 5.41) is 13.2. The highest BCUT2D eigenvalue weighted by molar-refractivity contribution is 5.93. The molecule has 3 amide bonds. The molecule has 1 aliphatic heterocycles. The van der Waals surface area contributed by atoms with Crippen molar-refractivity contribution >= 4 is 29.7 Å². The van der Waals surface area contributed by atoms with Crippen LogP contribution in [0.2, 0.25) is 0 Å². The average molecular weight is 495 g/mol. The number of rotatable bonds is 14. The molecule has 0 aromatic heterocycles. The second-order valence-corrected chi connectivity index (χ2v) is 9.43. The molecule has 0 bridgehead atoms. The molecule has 2 fully saturated rings. The van der Waals surface area contributed by atoms with E-state index in [9.17, 15) is 19.2 Å². The Hall–Kier alpha value is -2.85. The normalized spacial score (nSPS) is 18.3. The van der Waals surface area contributed by atoms with Crippen LogP contribution in [0.5, 0.6) is 0 Å². The first-order valence-corrected chi connectivity index (χ1v) is 12.9. The number of guanidine groups is 1. The van der Waals surface area contributed by atoms with Gasteiger partial charge in [0.2, 0.25) is 17.7 Å². The van der Waals surface area contributed by atoms with Crippen molar-refractivity contribution in [3.05, 3.63) is 0 Å². The van der Waals surface area contributed by atoms with Gasteiger partial charge in [0.05, 0.1) is 13.0 Å². The predicted molar refractivity (Wildman–Crippen MR) is 131 cm³/mol. The van der Waals surface area contributed by atoms with Crippen LogP contribution in [0, 0.1) is 11.3 Å². The zero-order valence-electron chi connectivity index (χ0n) is 21.1. The first-order chi connectivity index (χ1) is 16.7. The number of piperidine rings is 1. The van der Waals surface area contributed by atoms with Gasteiger partial charge in [-0.25, -0.2) is 0 Å². The minimum absolute atomic E-state index is 0.0271. The number of unbranched alkanes of at least 4 members (excludes halogenated alkanes) is 2. The smallest absolute Gasteiger partial charge is 0.325 e. The van der Waals surface area contributed by atoms with Gasteiger partial charge in [0.1, 0.15) is 12.6 Å². The lowest BCUT2D eigenvalue weighted by molar-refractivity contribution is -0.150. The number of esters is 1. The maximum absolute atomic E-state index is 13.4. The third-order valence-corrected chi connectivity index (χ3v) is 6.35. The summed E-state index contributed by atoms with van der Waals surface area (Å²) in [5.41, 5.74) is 5.59. The zero-order valence-corrected chi connectivity index (χ0v) is 21.1. The number of hydrogen-bond donors (Lipinski definition) is 4. The Kier molecular flexibility index (Phi) is 11.8. The highest BCUT2D eigenvalue weighted by atomic mass is 16.5. The number of nitrogens with one attached hydrogen (secondary N) is 3. The Morgan fingerprint density at radius 3 is 2.51 bits per heavy atom. The minimum Gasteiger partial charge on any atom is -0.465 e. The molecule has 198 valence electrons. The third-order valence-electron chi connectivity index (χ3n) is 6.35. The Morgan fingerprint density at radius 1 is 1.14 bits per heavy atom. The van der Waals surface area contributed by atoms with E-state index in [1.165, 1.54) is 4.90 Å². The molecule has 1 heterocycles. The fourth-order valence-electron chi connectivity index (χ4n) is 4.29. The minimum atomic E-state index is -1.04. The van der Waals surface area contributed by atoms with Crippen molar-refractivity contribution in [1.29, 1.82) is 5.41 Å². The van der Waals surface area contributed by atoms with E-state index in [4.69, 9.17) is 15.9 Å². The molecule has 0 spiro atoms. The van der Waals surface area contributed by atoms with E-state index in [-0.39, 0.29) is 55.7 Å². The largest absolute Gasteiger partial charge is 0.465 e. The van der Waals surface area contributed by atoms with Gasteiger partial charge in [-0.1, -0.05) is 19.8 Å². The van der Waals surface area contributed by atoms with Crippen LogP contribution in [0.1, 0.15) is 71.6 Å². The van der Waals surface area contributed by atoms with Gasteiger partial charge in [0, 0.05) is 32.1 Å². The number of carbonyl (C=O) groups is 4. The van der Waals surface area contributed by atoms with Gasteiger partial charge in [-0.15, -0.1) is 0 Å². The highest BCUT2D eigenvalue weighted by Gasteiger charge is 2.38. The fraction of sp³-hybridized carbons (Fsp3) is 0.792. The van der Waals surface area contributed by atoms with Crippen molar-refractivity contribution < 1.29 is 23.9 Å². The lowest BCUT2D eigenvalue weighted by Crippen LogP contribution is -2.53. The maximum Gasteiger partial charge on any atom is 0.325 e. The van der Waals surface area contributed by atoms with Gasteiger partial charge in [-0.05, 0) is 44.9 Å². The van der Waals surface area contributed by atoms with Crippen molar-refractivity contribution in [2.24, 2.45) is 11.7 Å². The predicted octanol–water partition coefficient (Wildman–Crippen LogP) is 0.717. The zero-order chi connectivity index (χ0) is 25.8. The molecule has 0 radical (unpaired) electrons. The van der Waals surface area contributed by atoms with Crippen molar-refractivity contribution in [2.45, 2.75) is 83.7 Å². The van der Waals surface area contributed by atoms with E-state index in [0.717, 1.165) is 45.1 Å². The maximum atomic E-state index is 13.4. The first-order valence-electron chi connectivity index (χ1n) is 12.9. The molecular formula is C24H42N6O5. The van der Waals surface area contributed by atoms with Gasteiger partial charge < -0.3 is 30.9 Å². The number of likely N-dealkylation sites (tertiary alicyclic amines) is 1. The summed E-state index contributed by atoms with van der Waals surface area (Å²) in [6.07, 6.45) is 6.02. The Bertz CT molecular complexity index is 757. The van der Waals surface area contributed by atoms with Crippen LogP contribution in [0.3, 0.4) is 0 Å². The van der Waals surface area contributed by atoms with Crippen LogP contribution in [0.25, 0.3) is 0 Å². The topological polar surface area (TPSA) is 158 Å². The fourth-order valence-corrected chi connectivity index (χ4v) is 4.29. The lowest BCUT2D eigenvalue weighted by Gasteiger charge is -2.33. The van der Waals surface area contributed by atoms with Crippen molar-refractivity contribution in [2.75, 3.05) is 32.8 Å². The Labute approximate surface area is 208 Å². The van der Waals surface area contributed by atoms with Crippen molar-refractivity contribution in [1.82, 2.24) is 20.4 Å². The molecule has 1 saturated heterocycles. The molecule has 0 unspecified atom stereocenters. The molecule has 1 saturated carbocycles. The SMILES string of the molecule is CCCCCC(=O)N[C@@H](CC(=O)NC[C@@H]1CCCN(C(=N)N)C1)C(=O)N(CC(=O)OCC)C1CC1. The first kappa shape index (κ1) is 28.4. The molecule has 11 heteroatoms. The summed E-state index contributed by atoms with van der Waals surface area (Å²) in [6.45, 7) is 5.51. The molecule has 2 rings (SSSR count). The second-order valence-electron chi connectivity index (χ2n) is 9.43. The summed E-state index contributed by atoms with van der Waals surface area (Å²) < 4.78 is 5.01. The summed E-state index contributed by atoms with van der Waals surface area (Å²) in [4.78, 5) is 54.0. The molecular weight excluding hydrogens is 452 g/mol. The van der Waals surface area contributed by atoms with E-state index in [2.05, 4.69) is 10.6 Å². The quantitative estimate of drug-likeness (QED) is 0.120. The molecule has 2 aliphatic rings. The average Bonchev–Trinajstić information content (AvgIpc) is 3.66. The number of nitrogens with two attached hydrogens (primary N) is 1. The number of ether oxygens (including phenoxy) is 1. The standard InChI is InChI=1S/C24H42N6O5/c1-3-5-6-9-20(31)28-19(23(34)30(18-10-11-18)16-22(33)35-4-2)13-21(32)27-14-17-8-7-12-29(15-17)24(25)26/h17-19H,3-16H2,1-2H3,(H3,25,26)(H,27,32)(H,28,31)/t17-,19-/m0/s1. The van der Waals surface area contributed by atoms with E-state index in [1.807, 2.05) is 6.92 Å². The van der Waals surface area contributed by atoms with Crippen LogP contribution >= 0.6 is 0 Å². The van der Waals surface area contributed by atoms with E-state index in [1.54, 1.807) is 11.8 Å². The van der Waals surface area contributed by atoms with Crippen LogP contribution in [-0.4, -0.2) is 84.3 Å². The Balaban J connectivity index is 2.00. The van der Waals surface area contributed by atoms with Crippen LogP contribution < -0.4 is 16.4 Å². The molecule has 2 atom stereocenters. The van der Waals surface area contributed by atoms with Crippen LogP contribution in [0.4, 0.5) is 0 Å². The monoisotopic (exact) mass is 494 g/mol. The van der Waals surface area contributed by atoms with Crippen molar-refractivity contribution in [3.8, 4) is 0 Å². The molecule has 5 N–H and O–H groups in total. The van der Waals surface area contributed by atoms with Gasteiger partial charge in [0.15, 0.2) is 5.96 Å². The van der Waals surface area contributed by atoms with E-state index < -0.39 is 17.9 Å². The number of nitrogens with zero attached hydrogens (tertiary/aromatic N) is 2. The van der Waals surface area contributed by atoms with Gasteiger partial charge in [0.25, 0.3) is 0 Å². The van der Waals surface area contributed by atoms with E-state index in [0.29, 0.717) is 19.5 Å². The summed E-state index contributed by atoms with van der Waals surface area (Å²) in [5.74, 6) is -1.37. The van der Waals surface area contributed by atoms with E-state index >= 15 is 0 Å². The molecule has 1 aliphatic carbocycles. The van der Waals surface area contributed by atoms with Crippen molar-refractivity contribution in [3.63, 3.8) is 0 Å². The van der Waals surface area contributed by atoms with Gasteiger partial charge in [-0.3, -0.25) is 24.6 Å². The van der Waals surface area contributed by atoms with Crippen LogP contribution in [0.15, 0.2) is 0 Å². The number of hydrogen-bond acceptors (Lipinski definition) is 6. The molecule has 35 heavy (non-hydrogen) atoms. The summed E-state index contributed by atoms with van der Waals surface area (Å²) >= 11 is 0. The third kappa shape index (κ3) is 10.1. The van der Waals surface area contributed by atoms with Crippen LogP contribution in [-0.2, 0) is 23.9 Å². The second kappa shape index (κ2) is 14.5. The van der Waals surface area contributed by atoms with Gasteiger partial charge in [-0.2, -0.15) is 0 Å². The van der Waals surface area contributed by atoms with Gasteiger partial charge >= 0.3 is 5.97 Å². The number of amides is 3. The summed E-state index contributed by atoms with van der Waals surface area (Å²) in [7, 11) is 0. The Morgan fingerprint density at radius 2 is 1.89 bits per heavy atom. The summed E-state index contributed by atoms with van der Waals surface area (Å²) in [6, 6.07) is -1.12.